The summed E-state index contributed by atoms with van der Waals surface area (Å²) < 4.78 is 56.0. The Morgan fingerprint density at radius 1 is 1.05 bits per heavy atom. The Labute approximate surface area is 230 Å². The van der Waals surface area contributed by atoms with Gasteiger partial charge in [-0.2, -0.15) is 13.2 Å². The molecule has 2 aromatic carbocycles. The fourth-order valence-electron chi connectivity index (χ4n) is 4.56. The topological polar surface area (TPSA) is 77.0 Å². The van der Waals surface area contributed by atoms with E-state index in [1.807, 2.05) is 32.7 Å². The molecule has 0 radical (unpaired) electrons. The zero-order valence-electron chi connectivity index (χ0n) is 22.9. The van der Waals surface area contributed by atoms with Gasteiger partial charge in [0.25, 0.3) is 5.91 Å². The number of nitrogens with one attached hydrogen (secondary N) is 2. The molecule has 214 valence electrons. The SMILES string of the molecule is CN1CCN(c2ccc(-c3cc(CNC(C)(C)C)ccc3F)cc2NC(=O)C2C=NC(=O)C=C2C(F)(F)F)CC1. The molecule has 0 spiro atoms. The summed E-state index contributed by atoms with van der Waals surface area (Å²) in [5.74, 6) is -4.33. The number of carbonyl (C=O) groups excluding carboxylic acids is 2. The zero-order chi connectivity index (χ0) is 29.2. The molecule has 2 aromatic rings. The van der Waals surface area contributed by atoms with E-state index in [9.17, 15) is 22.8 Å². The van der Waals surface area contributed by atoms with Crippen LogP contribution in [0.1, 0.15) is 26.3 Å². The highest BCUT2D eigenvalue weighted by Gasteiger charge is 2.43. The molecule has 0 aliphatic carbocycles. The summed E-state index contributed by atoms with van der Waals surface area (Å²) in [5.41, 5.74) is 1.04. The number of rotatable bonds is 6. The maximum atomic E-state index is 15.0. The van der Waals surface area contributed by atoms with E-state index in [4.69, 9.17) is 0 Å². The van der Waals surface area contributed by atoms with Gasteiger partial charge in [-0.15, -0.1) is 0 Å². The number of likely N-dealkylation sites (N-methyl/N-ethyl adjacent to an activating group) is 1. The van der Waals surface area contributed by atoms with Crippen LogP contribution in [0, 0.1) is 11.7 Å². The number of halogens is 4. The molecule has 40 heavy (non-hydrogen) atoms. The second-order valence-electron chi connectivity index (χ2n) is 11.1. The van der Waals surface area contributed by atoms with Gasteiger partial charge in [-0.3, -0.25) is 9.59 Å². The van der Waals surface area contributed by atoms with Crippen LogP contribution in [0.5, 0.6) is 0 Å². The first kappa shape index (κ1) is 29.4. The fourth-order valence-corrected chi connectivity index (χ4v) is 4.56. The van der Waals surface area contributed by atoms with Gasteiger partial charge in [0.1, 0.15) is 11.7 Å². The van der Waals surface area contributed by atoms with Crippen LogP contribution < -0.4 is 15.5 Å². The van der Waals surface area contributed by atoms with Gasteiger partial charge >= 0.3 is 6.18 Å². The summed E-state index contributed by atoms with van der Waals surface area (Å²) in [6.45, 7) is 9.35. The number of alkyl halides is 3. The normalized spacial score (nSPS) is 18.6. The van der Waals surface area contributed by atoms with Crippen LogP contribution >= 0.6 is 0 Å². The van der Waals surface area contributed by atoms with Crippen molar-refractivity contribution in [1.82, 2.24) is 10.2 Å². The minimum Gasteiger partial charge on any atom is -0.367 e. The second-order valence-corrected chi connectivity index (χ2v) is 11.1. The largest absolute Gasteiger partial charge is 0.414 e. The van der Waals surface area contributed by atoms with Crippen LogP contribution in [-0.4, -0.2) is 67.9 Å². The number of nitrogens with zero attached hydrogens (tertiary/aromatic N) is 3. The monoisotopic (exact) mass is 559 g/mol. The van der Waals surface area contributed by atoms with Crippen molar-refractivity contribution in [3.8, 4) is 11.1 Å². The van der Waals surface area contributed by atoms with Gasteiger partial charge in [0, 0.05) is 56.1 Å². The van der Waals surface area contributed by atoms with Crippen LogP contribution in [0.25, 0.3) is 11.1 Å². The number of piperazine rings is 1. The van der Waals surface area contributed by atoms with Crippen molar-refractivity contribution in [2.75, 3.05) is 43.4 Å². The van der Waals surface area contributed by atoms with Crippen molar-refractivity contribution in [3.63, 3.8) is 0 Å². The molecule has 1 atom stereocenters. The predicted molar refractivity (Wildman–Crippen MR) is 148 cm³/mol. The number of benzene rings is 2. The van der Waals surface area contributed by atoms with Crippen LogP contribution in [0.15, 0.2) is 53.0 Å². The molecule has 0 aromatic heterocycles. The molecule has 11 heteroatoms. The minimum absolute atomic E-state index is 0.146. The molecule has 1 saturated heterocycles. The molecule has 4 rings (SSSR count). The van der Waals surface area contributed by atoms with Crippen LogP contribution in [0.2, 0.25) is 0 Å². The summed E-state index contributed by atoms with van der Waals surface area (Å²) >= 11 is 0. The van der Waals surface area contributed by atoms with Crippen LogP contribution in [0.3, 0.4) is 0 Å². The molecule has 1 fully saturated rings. The average Bonchev–Trinajstić information content (AvgIpc) is 2.88. The van der Waals surface area contributed by atoms with Crippen molar-refractivity contribution in [2.45, 2.75) is 39.0 Å². The van der Waals surface area contributed by atoms with Crippen molar-refractivity contribution in [2.24, 2.45) is 10.9 Å². The highest BCUT2D eigenvalue weighted by molar-refractivity contribution is 6.11. The lowest BCUT2D eigenvalue weighted by Crippen LogP contribution is -2.44. The first-order valence-electron chi connectivity index (χ1n) is 13.0. The highest BCUT2D eigenvalue weighted by atomic mass is 19.4. The van der Waals surface area contributed by atoms with E-state index >= 15 is 4.39 Å². The Morgan fingerprint density at radius 3 is 2.40 bits per heavy atom. The number of amides is 2. The molecule has 2 N–H and O–H groups in total. The van der Waals surface area contributed by atoms with Crippen LogP contribution in [0.4, 0.5) is 28.9 Å². The summed E-state index contributed by atoms with van der Waals surface area (Å²) in [4.78, 5) is 32.3. The second kappa shape index (κ2) is 11.5. The Hall–Kier alpha value is -3.57. The number of aliphatic imine (C=N–C) groups is 1. The Balaban J connectivity index is 1.71. The lowest BCUT2D eigenvalue weighted by molar-refractivity contribution is -0.124. The Bertz CT molecular complexity index is 1340. The molecule has 0 bridgehead atoms. The van der Waals surface area contributed by atoms with Gasteiger partial charge < -0.3 is 20.4 Å². The molecule has 2 aliphatic heterocycles. The van der Waals surface area contributed by atoms with E-state index in [0.717, 1.165) is 18.7 Å². The Kier molecular flexibility index (Phi) is 8.46. The van der Waals surface area contributed by atoms with Crippen molar-refractivity contribution < 1.29 is 27.2 Å². The molecule has 7 nitrogen and oxygen atoms in total. The molecule has 1 unspecified atom stereocenters. The summed E-state index contributed by atoms with van der Waals surface area (Å²) in [5, 5.41) is 5.98. The van der Waals surface area contributed by atoms with Gasteiger partial charge in [0.15, 0.2) is 0 Å². The summed E-state index contributed by atoms with van der Waals surface area (Å²) in [6.07, 6.45) is -3.84. The standard InChI is InChI=1S/C29H33F4N5O2/c1-28(2,3)35-16-18-5-7-23(30)20(13-18)19-6-8-25(38-11-9-37(4)10-12-38)24(14-19)36-27(40)21-17-34-26(39)15-22(21)29(31,32)33/h5-8,13-15,17,21,35H,9-12,16H2,1-4H3,(H,36,40). The molecule has 2 aliphatic rings. The van der Waals surface area contributed by atoms with Crippen molar-refractivity contribution in [3.05, 3.63) is 59.4 Å². The maximum Gasteiger partial charge on any atom is 0.414 e. The Morgan fingerprint density at radius 2 is 1.75 bits per heavy atom. The summed E-state index contributed by atoms with van der Waals surface area (Å²) in [6, 6.07) is 9.84. The lowest BCUT2D eigenvalue weighted by Gasteiger charge is -2.35. The van der Waals surface area contributed by atoms with E-state index in [0.29, 0.717) is 48.7 Å². The molecule has 2 amide bonds. The molecular weight excluding hydrogens is 526 g/mol. The van der Waals surface area contributed by atoms with Gasteiger partial charge in [0.2, 0.25) is 5.91 Å². The smallest absolute Gasteiger partial charge is 0.367 e. The van der Waals surface area contributed by atoms with Gasteiger partial charge in [-0.25, -0.2) is 9.38 Å². The third kappa shape index (κ3) is 7.14. The first-order chi connectivity index (χ1) is 18.7. The van der Waals surface area contributed by atoms with Gasteiger partial charge in [-0.05, 0) is 63.2 Å². The van der Waals surface area contributed by atoms with Gasteiger partial charge in [-0.1, -0.05) is 12.1 Å². The minimum atomic E-state index is -4.89. The zero-order valence-corrected chi connectivity index (χ0v) is 22.9. The third-order valence-electron chi connectivity index (χ3n) is 6.84. The average molecular weight is 560 g/mol. The maximum absolute atomic E-state index is 15.0. The van der Waals surface area contributed by atoms with E-state index in [2.05, 4.69) is 20.5 Å². The number of hydrogen-bond acceptors (Lipinski definition) is 5. The number of anilines is 2. The number of dihydropyridines is 1. The first-order valence-corrected chi connectivity index (χ1v) is 13.0. The van der Waals surface area contributed by atoms with E-state index in [-0.39, 0.29) is 11.2 Å². The molecular formula is C29H33F4N5O2. The van der Waals surface area contributed by atoms with Crippen molar-refractivity contribution in [1.29, 1.82) is 0 Å². The fraction of sp³-hybridized carbons (Fsp3) is 0.414. The predicted octanol–water partition coefficient (Wildman–Crippen LogP) is 4.79. The van der Waals surface area contributed by atoms with E-state index in [1.165, 1.54) is 6.07 Å². The van der Waals surface area contributed by atoms with Crippen LogP contribution in [-0.2, 0) is 16.1 Å². The third-order valence-corrected chi connectivity index (χ3v) is 6.84. The lowest BCUT2D eigenvalue weighted by atomic mass is 9.95. The van der Waals surface area contributed by atoms with Gasteiger partial charge in [0.05, 0.1) is 16.9 Å². The highest BCUT2D eigenvalue weighted by Crippen LogP contribution is 2.36. The number of carbonyl (C=O) groups is 2. The molecule has 0 saturated carbocycles. The summed E-state index contributed by atoms with van der Waals surface area (Å²) in [7, 11) is 1.99. The van der Waals surface area contributed by atoms with Crippen molar-refractivity contribution >= 4 is 29.4 Å². The van der Waals surface area contributed by atoms with E-state index in [1.54, 1.807) is 30.3 Å². The molecule has 2 heterocycles. The van der Waals surface area contributed by atoms with E-state index < -0.39 is 35.3 Å². The number of hydrogen-bond donors (Lipinski definition) is 2. The quantitative estimate of drug-likeness (QED) is 0.498.